The third-order valence-corrected chi connectivity index (χ3v) is 15.5. The van der Waals surface area contributed by atoms with Crippen molar-refractivity contribution in [3.63, 3.8) is 0 Å². The number of alkyl halides is 1. The molecule has 2 nitrogen and oxygen atoms in total. The Balaban J connectivity index is 2.13. The third kappa shape index (κ3) is 3.40. The molecule has 1 unspecified atom stereocenters. The molecule has 0 fully saturated rings. The molecule has 4 rings (SSSR count). The molecule has 4 aromatic rings. The fourth-order valence-corrected chi connectivity index (χ4v) is 11.6. The molecular weight excluding hydrogens is 474 g/mol. The number of carboxylic acid groups (broad SMARTS) is 1. The number of benzene rings is 4. The molecule has 0 radical (unpaired) electrons. The zero-order valence-electron chi connectivity index (χ0n) is 16.6. The summed E-state index contributed by atoms with van der Waals surface area (Å²) < 4.78 is 17.2. The minimum atomic E-state index is -3.90. The van der Waals surface area contributed by atoms with Crippen LogP contribution in [0.5, 0.6) is 0 Å². The second-order valence-electron chi connectivity index (χ2n) is 7.35. The summed E-state index contributed by atoms with van der Waals surface area (Å²) in [5.74, 6) is -2.60. The van der Waals surface area contributed by atoms with Crippen LogP contribution in [-0.2, 0) is 0 Å². The summed E-state index contributed by atoms with van der Waals surface area (Å²) >= 11 is 4.09. The second kappa shape index (κ2) is 8.37. The molecule has 0 bridgehead atoms. The molecule has 156 valence electrons. The van der Waals surface area contributed by atoms with Crippen LogP contribution >= 0.6 is 20.8 Å². The van der Waals surface area contributed by atoms with E-state index in [0.717, 1.165) is 15.9 Å². The fourth-order valence-electron chi connectivity index (χ4n) is 4.10. The monoisotopic (exact) mass is 494 g/mol. The molecule has 0 spiro atoms. The molecule has 1 atom stereocenters. The number of hydrogen-bond acceptors (Lipinski definition) is 1. The Morgan fingerprint density at radius 2 is 1.13 bits per heavy atom. The fraction of sp³-hybridized carbons (Fsp3) is 0.0385. The summed E-state index contributed by atoms with van der Waals surface area (Å²) in [4.78, 5) is 11.6. The van der Waals surface area contributed by atoms with E-state index >= 15 is 4.39 Å². The number of hydrogen-bond donors (Lipinski definition) is 1. The van der Waals surface area contributed by atoms with Crippen LogP contribution in [0, 0.1) is 0 Å². The summed E-state index contributed by atoms with van der Waals surface area (Å²) in [6.07, 6.45) is 0. The van der Waals surface area contributed by atoms with E-state index < -0.39 is 17.2 Å². The molecule has 0 saturated heterocycles. The van der Waals surface area contributed by atoms with Gasteiger partial charge in [0.25, 0.3) is 0 Å². The normalized spacial score (nSPS) is 13.7. The van der Waals surface area contributed by atoms with Crippen LogP contribution < -0.4 is 15.9 Å². The molecule has 4 aromatic carbocycles. The van der Waals surface area contributed by atoms with Crippen LogP contribution in [-0.4, -0.2) is 11.1 Å². The van der Waals surface area contributed by atoms with E-state index in [1.54, 1.807) is 12.1 Å². The van der Waals surface area contributed by atoms with Crippen molar-refractivity contribution < 1.29 is 14.3 Å². The Morgan fingerprint density at radius 1 is 0.710 bits per heavy atom. The summed E-state index contributed by atoms with van der Waals surface area (Å²) in [7, 11) is 0. The van der Waals surface area contributed by atoms with Crippen LogP contribution in [0.3, 0.4) is 0 Å². The number of rotatable bonds is 6. The van der Waals surface area contributed by atoms with Crippen LogP contribution in [0.1, 0.15) is 21.8 Å². The van der Waals surface area contributed by atoms with Crippen LogP contribution in [0.15, 0.2) is 115 Å². The van der Waals surface area contributed by atoms with Crippen molar-refractivity contribution in [2.75, 3.05) is 0 Å². The predicted octanol–water partition coefficient (Wildman–Crippen LogP) is 6.19. The molecule has 0 aliphatic rings. The Kier molecular flexibility index (Phi) is 5.79. The van der Waals surface area contributed by atoms with Gasteiger partial charge in [0, 0.05) is 0 Å². The van der Waals surface area contributed by atoms with Gasteiger partial charge in [-0.15, -0.1) is 0 Å². The van der Waals surface area contributed by atoms with Gasteiger partial charge in [-0.05, 0) is 0 Å². The summed E-state index contributed by atoms with van der Waals surface area (Å²) in [5.41, 5.74) is 0.387. The molecule has 0 heterocycles. The Labute approximate surface area is 189 Å². The first-order chi connectivity index (χ1) is 15.0. The minimum absolute atomic E-state index is 0.0619. The first-order valence-corrected chi connectivity index (χ1v) is 14.2. The molecule has 5 heteroatoms. The molecule has 31 heavy (non-hydrogen) atoms. The Hall–Kier alpha value is -2.81. The van der Waals surface area contributed by atoms with Crippen molar-refractivity contribution >= 4 is 42.7 Å². The van der Waals surface area contributed by atoms with Gasteiger partial charge in [0.1, 0.15) is 0 Å². The van der Waals surface area contributed by atoms with E-state index in [2.05, 4.69) is 15.5 Å². The van der Waals surface area contributed by atoms with Crippen molar-refractivity contribution in [1.82, 2.24) is 0 Å². The first kappa shape index (κ1) is 21.4. The summed E-state index contributed by atoms with van der Waals surface area (Å²) in [6.45, 7) is 0. The van der Waals surface area contributed by atoms with E-state index in [1.165, 1.54) is 12.1 Å². The van der Waals surface area contributed by atoms with E-state index in [4.69, 9.17) is 0 Å². The van der Waals surface area contributed by atoms with Gasteiger partial charge in [-0.25, -0.2) is 0 Å². The number of carbonyl (C=O) groups is 1. The van der Waals surface area contributed by atoms with Gasteiger partial charge in [0.05, 0.1) is 0 Å². The Morgan fingerprint density at radius 3 is 1.52 bits per heavy atom. The number of carboxylic acids is 1. The number of aromatic carboxylic acids is 1. The van der Waals surface area contributed by atoms with Gasteiger partial charge >= 0.3 is 189 Å². The van der Waals surface area contributed by atoms with Crippen molar-refractivity contribution in [3.8, 4) is 0 Å². The average molecular weight is 495 g/mol. The van der Waals surface area contributed by atoms with Crippen molar-refractivity contribution in [2.24, 2.45) is 0 Å². The maximum atomic E-state index is 17.2. The van der Waals surface area contributed by atoms with Gasteiger partial charge in [-0.1, -0.05) is 0 Å². The van der Waals surface area contributed by atoms with Gasteiger partial charge in [-0.2, -0.15) is 0 Å². The van der Waals surface area contributed by atoms with E-state index in [-0.39, 0.29) is 5.56 Å². The zero-order valence-corrected chi connectivity index (χ0v) is 19.1. The quantitative estimate of drug-likeness (QED) is 0.324. The molecule has 0 amide bonds. The first-order valence-electron chi connectivity index (χ1n) is 9.84. The molecule has 0 aliphatic carbocycles. The standard InChI is InChI=1S/C26H21BrFO2P/c27-31(22-13-4-1-5-14-22,23-15-6-2-7-16-23,24-17-8-3-9-18-24)25(28)20-11-10-12-21(19-20)26(29)30/h1-19,25H,(H,29,30). The van der Waals surface area contributed by atoms with Crippen LogP contribution in [0.4, 0.5) is 4.39 Å². The number of halogens is 2. The van der Waals surface area contributed by atoms with Crippen molar-refractivity contribution in [2.45, 2.75) is 5.91 Å². The van der Waals surface area contributed by atoms with Gasteiger partial charge < -0.3 is 0 Å². The van der Waals surface area contributed by atoms with E-state index in [0.29, 0.717) is 5.56 Å². The topological polar surface area (TPSA) is 37.3 Å². The predicted molar refractivity (Wildman–Crippen MR) is 131 cm³/mol. The molecule has 1 N–H and O–H groups in total. The van der Waals surface area contributed by atoms with Gasteiger partial charge in [-0.3, -0.25) is 0 Å². The van der Waals surface area contributed by atoms with Gasteiger partial charge in [0.15, 0.2) is 0 Å². The maximum absolute atomic E-state index is 17.2. The van der Waals surface area contributed by atoms with E-state index in [9.17, 15) is 9.90 Å². The van der Waals surface area contributed by atoms with E-state index in [1.807, 2.05) is 91.0 Å². The van der Waals surface area contributed by atoms with Crippen molar-refractivity contribution in [3.05, 3.63) is 126 Å². The summed E-state index contributed by atoms with van der Waals surface area (Å²) in [5, 5.41) is 8.09. The molecule has 0 saturated carbocycles. The molecular formula is C26H21BrFO2P. The Bertz CT molecular complexity index is 1100. The molecule has 0 aliphatic heterocycles. The van der Waals surface area contributed by atoms with Crippen LogP contribution in [0.2, 0.25) is 0 Å². The van der Waals surface area contributed by atoms with Crippen LogP contribution in [0.25, 0.3) is 0 Å². The van der Waals surface area contributed by atoms with Crippen molar-refractivity contribution in [1.29, 1.82) is 0 Å². The SMILES string of the molecule is O=C(O)c1cccc(C(F)P(Br)(c2ccccc2)(c2ccccc2)c2ccccc2)c1. The molecule has 0 aromatic heterocycles. The average Bonchev–Trinajstić information content (AvgIpc) is 2.85. The third-order valence-electron chi connectivity index (χ3n) is 5.62. The zero-order chi connectivity index (χ0) is 21.9. The van der Waals surface area contributed by atoms with Gasteiger partial charge in [0.2, 0.25) is 0 Å². The second-order valence-corrected chi connectivity index (χ2v) is 15.9. The summed E-state index contributed by atoms with van der Waals surface area (Å²) in [6, 6.07) is 35.0.